The van der Waals surface area contributed by atoms with Crippen LogP contribution in [-0.2, 0) is 22.6 Å². The van der Waals surface area contributed by atoms with Crippen LogP contribution in [0.5, 0.6) is 0 Å². The van der Waals surface area contributed by atoms with Crippen LogP contribution >= 0.6 is 0 Å². The number of hydrogen-bond donors (Lipinski definition) is 1. The quantitative estimate of drug-likeness (QED) is 0.674. The molecule has 98 valence electrons. The van der Waals surface area contributed by atoms with Gasteiger partial charge in [-0.25, -0.2) is 0 Å². The summed E-state index contributed by atoms with van der Waals surface area (Å²) in [5.41, 5.74) is 1.11. The van der Waals surface area contributed by atoms with E-state index in [1.165, 1.54) is 0 Å². The molecule has 4 heteroatoms. The summed E-state index contributed by atoms with van der Waals surface area (Å²) in [6.07, 6.45) is 1.71. The first-order chi connectivity index (χ1) is 8.24. The van der Waals surface area contributed by atoms with E-state index in [9.17, 15) is 0 Å². The molecule has 0 aromatic carbocycles. The molecule has 0 saturated carbocycles. The minimum Gasteiger partial charge on any atom is -0.468 e. The third-order valence-electron chi connectivity index (χ3n) is 2.34. The van der Waals surface area contributed by atoms with Gasteiger partial charge >= 0.3 is 0 Å². The van der Waals surface area contributed by atoms with Gasteiger partial charge in [-0.2, -0.15) is 0 Å². The fraction of sp³-hybridized carbons (Fsp3) is 0.692. The molecular weight excluding hydrogens is 218 g/mol. The van der Waals surface area contributed by atoms with Crippen molar-refractivity contribution in [2.45, 2.75) is 40.0 Å². The Morgan fingerprint density at radius 3 is 2.76 bits per heavy atom. The molecule has 0 radical (unpaired) electrons. The molecule has 0 fully saturated rings. The lowest BCUT2D eigenvalue weighted by Gasteiger charge is -2.08. The van der Waals surface area contributed by atoms with Crippen LogP contribution in [0.4, 0.5) is 0 Å². The van der Waals surface area contributed by atoms with Crippen LogP contribution in [-0.4, -0.2) is 25.9 Å². The molecule has 0 atom stereocenters. The van der Waals surface area contributed by atoms with Crippen molar-refractivity contribution < 1.29 is 13.9 Å². The number of furan rings is 1. The SMILES string of the molecule is CCOCCOCc1ccoc1CNC(C)C. The van der Waals surface area contributed by atoms with Crippen LogP contribution in [0, 0.1) is 0 Å². The van der Waals surface area contributed by atoms with E-state index < -0.39 is 0 Å². The number of hydrogen-bond acceptors (Lipinski definition) is 4. The molecule has 0 aliphatic heterocycles. The predicted molar refractivity (Wildman–Crippen MR) is 66.8 cm³/mol. The lowest BCUT2D eigenvalue weighted by molar-refractivity contribution is 0.0447. The Labute approximate surface area is 103 Å². The van der Waals surface area contributed by atoms with Gasteiger partial charge in [0.2, 0.25) is 0 Å². The monoisotopic (exact) mass is 241 g/mol. The highest BCUT2D eigenvalue weighted by molar-refractivity contribution is 5.15. The van der Waals surface area contributed by atoms with Gasteiger partial charge in [-0.15, -0.1) is 0 Å². The Balaban J connectivity index is 2.25. The van der Waals surface area contributed by atoms with Gasteiger partial charge in [0.15, 0.2) is 0 Å². The fourth-order valence-corrected chi connectivity index (χ4v) is 1.39. The summed E-state index contributed by atoms with van der Waals surface area (Å²) >= 11 is 0. The van der Waals surface area contributed by atoms with Crippen molar-refractivity contribution in [2.75, 3.05) is 19.8 Å². The molecule has 0 bridgehead atoms. The molecule has 1 heterocycles. The van der Waals surface area contributed by atoms with Gasteiger partial charge < -0.3 is 19.2 Å². The molecule has 1 rings (SSSR count). The van der Waals surface area contributed by atoms with Gasteiger partial charge in [0.05, 0.1) is 32.6 Å². The van der Waals surface area contributed by atoms with E-state index in [1.807, 2.05) is 13.0 Å². The smallest absolute Gasteiger partial charge is 0.123 e. The minimum absolute atomic E-state index is 0.451. The first-order valence-electron chi connectivity index (χ1n) is 6.18. The highest BCUT2D eigenvalue weighted by Crippen LogP contribution is 2.11. The van der Waals surface area contributed by atoms with Crippen molar-refractivity contribution >= 4 is 0 Å². The lowest BCUT2D eigenvalue weighted by Crippen LogP contribution is -2.22. The second-order valence-corrected chi connectivity index (χ2v) is 4.15. The standard InChI is InChI=1S/C13H23NO3/c1-4-15-7-8-16-10-12-5-6-17-13(12)9-14-11(2)3/h5-6,11,14H,4,7-10H2,1-3H3. The summed E-state index contributed by atoms with van der Waals surface area (Å²) in [6.45, 7) is 9.53. The first kappa shape index (κ1) is 14.2. The van der Waals surface area contributed by atoms with Gasteiger partial charge in [0, 0.05) is 18.2 Å². The summed E-state index contributed by atoms with van der Waals surface area (Å²) in [5.74, 6) is 0.954. The van der Waals surface area contributed by atoms with E-state index in [4.69, 9.17) is 13.9 Å². The van der Waals surface area contributed by atoms with E-state index in [2.05, 4.69) is 19.2 Å². The van der Waals surface area contributed by atoms with E-state index in [0.29, 0.717) is 25.9 Å². The lowest BCUT2D eigenvalue weighted by atomic mass is 10.2. The van der Waals surface area contributed by atoms with Crippen LogP contribution in [0.15, 0.2) is 16.7 Å². The van der Waals surface area contributed by atoms with Gasteiger partial charge in [-0.3, -0.25) is 0 Å². The third kappa shape index (κ3) is 5.86. The van der Waals surface area contributed by atoms with Crippen molar-refractivity contribution in [3.63, 3.8) is 0 Å². The zero-order chi connectivity index (χ0) is 12.5. The molecule has 0 spiro atoms. The zero-order valence-electron chi connectivity index (χ0n) is 11.0. The maximum atomic E-state index is 5.51. The Morgan fingerprint density at radius 1 is 1.29 bits per heavy atom. The second kappa shape index (κ2) is 8.28. The van der Waals surface area contributed by atoms with Crippen molar-refractivity contribution in [3.05, 3.63) is 23.7 Å². The number of ether oxygens (including phenoxy) is 2. The minimum atomic E-state index is 0.451. The molecular formula is C13H23NO3. The van der Waals surface area contributed by atoms with E-state index in [0.717, 1.165) is 24.5 Å². The van der Waals surface area contributed by atoms with Gasteiger partial charge in [-0.1, -0.05) is 13.8 Å². The Bertz CT molecular complexity index is 297. The molecule has 17 heavy (non-hydrogen) atoms. The van der Waals surface area contributed by atoms with Crippen LogP contribution in [0.2, 0.25) is 0 Å². The molecule has 1 N–H and O–H groups in total. The Kier molecular flexibility index (Phi) is 6.93. The van der Waals surface area contributed by atoms with E-state index >= 15 is 0 Å². The second-order valence-electron chi connectivity index (χ2n) is 4.15. The van der Waals surface area contributed by atoms with Crippen LogP contribution < -0.4 is 5.32 Å². The van der Waals surface area contributed by atoms with Crippen LogP contribution in [0.3, 0.4) is 0 Å². The average Bonchev–Trinajstić information content (AvgIpc) is 2.73. The van der Waals surface area contributed by atoms with Crippen molar-refractivity contribution in [3.8, 4) is 0 Å². The zero-order valence-corrected chi connectivity index (χ0v) is 11.0. The molecule has 0 aliphatic rings. The molecule has 1 aromatic rings. The Hall–Kier alpha value is -0.840. The summed E-state index contributed by atoms with van der Waals surface area (Å²) in [5, 5.41) is 3.32. The molecule has 0 saturated heterocycles. The Morgan fingerprint density at radius 2 is 2.06 bits per heavy atom. The number of nitrogens with one attached hydrogen (secondary N) is 1. The summed E-state index contributed by atoms with van der Waals surface area (Å²) in [7, 11) is 0. The average molecular weight is 241 g/mol. The van der Waals surface area contributed by atoms with Gasteiger partial charge in [-0.05, 0) is 13.0 Å². The van der Waals surface area contributed by atoms with Crippen molar-refractivity contribution in [1.29, 1.82) is 0 Å². The van der Waals surface area contributed by atoms with Gasteiger partial charge in [0.1, 0.15) is 5.76 Å². The molecule has 0 amide bonds. The first-order valence-corrected chi connectivity index (χ1v) is 6.18. The molecule has 0 unspecified atom stereocenters. The third-order valence-corrected chi connectivity index (χ3v) is 2.34. The summed E-state index contributed by atoms with van der Waals surface area (Å²) in [4.78, 5) is 0. The summed E-state index contributed by atoms with van der Waals surface area (Å²) in [6, 6.07) is 2.41. The topological polar surface area (TPSA) is 43.6 Å². The largest absolute Gasteiger partial charge is 0.468 e. The molecule has 1 aromatic heterocycles. The maximum absolute atomic E-state index is 5.51. The fourth-order valence-electron chi connectivity index (χ4n) is 1.39. The molecule has 4 nitrogen and oxygen atoms in total. The highest BCUT2D eigenvalue weighted by atomic mass is 16.5. The summed E-state index contributed by atoms with van der Waals surface area (Å²) < 4.78 is 16.1. The normalized spacial score (nSPS) is 11.3. The van der Waals surface area contributed by atoms with Gasteiger partial charge in [0.25, 0.3) is 0 Å². The van der Waals surface area contributed by atoms with Crippen molar-refractivity contribution in [2.24, 2.45) is 0 Å². The maximum Gasteiger partial charge on any atom is 0.123 e. The van der Waals surface area contributed by atoms with E-state index in [1.54, 1.807) is 6.26 Å². The van der Waals surface area contributed by atoms with E-state index in [-0.39, 0.29) is 0 Å². The highest BCUT2D eigenvalue weighted by Gasteiger charge is 2.06. The predicted octanol–water partition coefficient (Wildman–Crippen LogP) is 2.33. The van der Waals surface area contributed by atoms with Crippen LogP contribution in [0.25, 0.3) is 0 Å². The van der Waals surface area contributed by atoms with Crippen molar-refractivity contribution in [1.82, 2.24) is 5.32 Å². The number of rotatable bonds is 9. The molecule has 0 aliphatic carbocycles. The van der Waals surface area contributed by atoms with Crippen LogP contribution in [0.1, 0.15) is 32.1 Å².